The Labute approximate surface area is 153 Å². The lowest BCUT2D eigenvalue weighted by atomic mass is 10.1. The van der Waals surface area contributed by atoms with Gasteiger partial charge >= 0.3 is 0 Å². The molecule has 8 heteroatoms. The van der Waals surface area contributed by atoms with Crippen molar-refractivity contribution in [3.63, 3.8) is 0 Å². The molecule has 0 amide bonds. The van der Waals surface area contributed by atoms with E-state index in [-0.39, 0.29) is 22.7 Å². The molecule has 7 nitrogen and oxygen atoms in total. The Morgan fingerprint density at radius 1 is 1.23 bits per heavy atom. The van der Waals surface area contributed by atoms with E-state index in [2.05, 4.69) is 0 Å². The molecule has 0 spiro atoms. The molecule has 0 saturated carbocycles. The minimum Gasteiger partial charge on any atom is -0.497 e. The van der Waals surface area contributed by atoms with Crippen molar-refractivity contribution < 1.29 is 18.1 Å². The van der Waals surface area contributed by atoms with Crippen LogP contribution < -0.4 is 4.74 Å². The van der Waals surface area contributed by atoms with E-state index in [1.807, 2.05) is 6.07 Å². The van der Waals surface area contributed by atoms with Crippen molar-refractivity contribution in [2.24, 2.45) is 0 Å². The van der Waals surface area contributed by atoms with Crippen LogP contribution in [0.15, 0.2) is 47.4 Å². The van der Waals surface area contributed by atoms with Crippen LogP contribution in [-0.2, 0) is 10.0 Å². The zero-order valence-corrected chi connectivity index (χ0v) is 16.0. The van der Waals surface area contributed by atoms with Crippen LogP contribution in [0.5, 0.6) is 5.75 Å². The molecule has 26 heavy (non-hydrogen) atoms. The lowest BCUT2D eigenvalue weighted by molar-refractivity contribution is -0.385. The number of rotatable bonds is 7. The van der Waals surface area contributed by atoms with E-state index in [9.17, 15) is 18.5 Å². The van der Waals surface area contributed by atoms with Crippen LogP contribution in [0.4, 0.5) is 5.69 Å². The van der Waals surface area contributed by atoms with Crippen molar-refractivity contribution in [3.8, 4) is 5.75 Å². The van der Waals surface area contributed by atoms with E-state index in [4.69, 9.17) is 4.74 Å². The lowest BCUT2D eigenvalue weighted by Gasteiger charge is -2.28. The van der Waals surface area contributed by atoms with Crippen LogP contribution in [-0.4, -0.2) is 31.3 Å². The maximum Gasteiger partial charge on any atom is 0.273 e. The van der Waals surface area contributed by atoms with Gasteiger partial charge in [0.1, 0.15) is 5.75 Å². The fourth-order valence-corrected chi connectivity index (χ4v) is 4.80. The summed E-state index contributed by atoms with van der Waals surface area (Å²) < 4.78 is 32.9. The first-order valence-electron chi connectivity index (χ1n) is 8.13. The first kappa shape index (κ1) is 19.9. The highest BCUT2D eigenvalue weighted by atomic mass is 32.2. The Bertz CT molecular complexity index is 912. The van der Waals surface area contributed by atoms with Gasteiger partial charge in [-0.3, -0.25) is 10.1 Å². The molecule has 140 valence electrons. The molecule has 0 saturated heterocycles. The number of sulfonamides is 1. The number of hydrogen-bond donors (Lipinski definition) is 0. The minimum absolute atomic E-state index is 0.0525. The van der Waals surface area contributed by atoms with Gasteiger partial charge in [-0.25, -0.2) is 8.42 Å². The molecule has 0 fully saturated rings. The van der Waals surface area contributed by atoms with Gasteiger partial charge in [-0.1, -0.05) is 25.1 Å². The topological polar surface area (TPSA) is 89.8 Å². The molecule has 2 aromatic carbocycles. The van der Waals surface area contributed by atoms with Crippen molar-refractivity contribution in [1.29, 1.82) is 0 Å². The van der Waals surface area contributed by atoms with Crippen molar-refractivity contribution in [2.75, 3.05) is 13.7 Å². The number of methoxy groups -OCH3 is 1. The van der Waals surface area contributed by atoms with E-state index >= 15 is 0 Å². The quantitative estimate of drug-likeness (QED) is 0.541. The van der Waals surface area contributed by atoms with Gasteiger partial charge in [-0.05, 0) is 37.6 Å². The highest BCUT2D eigenvalue weighted by Gasteiger charge is 2.32. The molecular formula is C18H22N2O5S. The monoisotopic (exact) mass is 378 g/mol. The van der Waals surface area contributed by atoms with Gasteiger partial charge < -0.3 is 4.74 Å². The summed E-state index contributed by atoms with van der Waals surface area (Å²) in [7, 11) is -2.37. The predicted octanol–water partition coefficient (Wildman–Crippen LogP) is 3.68. The van der Waals surface area contributed by atoms with E-state index in [0.29, 0.717) is 5.75 Å². The third-order valence-corrected chi connectivity index (χ3v) is 6.55. The Balaban J connectivity index is 2.51. The molecule has 1 unspecified atom stereocenters. The molecule has 0 bridgehead atoms. The molecule has 0 aliphatic heterocycles. The average molecular weight is 378 g/mol. The van der Waals surface area contributed by atoms with Gasteiger partial charge in [0, 0.05) is 24.2 Å². The van der Waals surface area contributed by atoms with Crippen LogP contribution in [0, 0.1) is 17.0 Å². The maximum atomic E-state index is 13.2. The van der Waals surface area contributed by atoms with Crippen molar-refractivity contribution in [1.82, 2.24) is 4.31 Å². The molecule has 0 aromatic heterocycles. The molecular weight excluding hydrogens is 356 g/mol. The summed E-state index contributed by atoms with van der Waals surface area (Å²) in [4.78, 5) is 10.5. The van der Waals surface area contributed by atoms with E-state index in [0.717, 1.165) is 5.56 Å². The summed E-state index contributed by atoms with van der Waals surface area (Å²) in [5.74, 6) is 0.634. The van der Waals surface area contributed by atoms with Gasteiger partial charge in [0.2, 0.25) is 10.0 Å². The number of benzene rings is 2. The molecule has 0 heterocycles. The molecule has 1 atom stereocenters. The average Bonchev–Trinajstić information content (AvgIpc) is 2.61. The Morgan fingerprint density at radius 2 is 1.88 bits per heavy atom. The molecule has 2 aromatic rings. The summed E-state index contributed by atoms with van der Waals surface area (Å²) >= 11 is 0. The van der Waals surface area contributed by atoms with E-state index in [1.165, 1.54) is 29.4 Å². The van der Waals surface area contributed by atoms with Crippen molar-refractivity contribution >= 4 is 15.7 Å². The second kappa shape index (κ2) is 7.84. The number of nitrogens with zero attached hydrogens (tertiary/aromatic N) is 2. The fourth-order valence-electron chi connectivity index (χ4n) is 2.93. The second-order valence-corrected chi connectivity index (χ2v) is 7.68. The molecule has 2 rings (SSSR count). The van der Waals surface area contributed by atoms with Crippen LogP contribution in [0.3, 0.4) is 0 Å². The molecule has 0 aliphatic rings. The summed E-state index contributed by atoms with van der Waals surface area (Å²) in [6, 6.07) is 10.8. The van der Waals surface area contributed by atoms with Gasteiger partial charge in [-0.15, -0.1) is 0 Å². The molecule has 0 aliphatic carbocycles. The molecule has 0 N–H and O–H groups in total. The van der Waals surface area contributed by atoms with Crippen molar-refractivity contribution in [3.05, 3.63) is 63.7 Å². The third kappa shape index (κ3) is 3.71. The molecule has 0 radical (unpaired) electrons. The Kier molecular flexibility index (Phi) is 5.99. The number of nitro benzene ring substituents is 1. The zero-order chi connectivity index (χ0) is 19.5. The number of hydrogen-bond acceptors (Lipinski definition) is 5. The fraction of sp³-hybridized carbons (Fsp3) is 0.333. The second-order valence-electron chi connectivity index (χ2n) is 5.82. The maximum absolute atomic E-state index is 13.2. The summed E-state index contributed by atoms with van der Waals surface area (Å²) in [5, 5.41) is 11.1. The first-order valence-corrected chi connectivity index (χ1v) is 9.57. The first-order chi connectivity index (χ1) is 12.2. The van der Waals surface area contributed by atoms with Crippen LogP contribution in [0.2, 0.25) is 0 Å². The predicted molar refractivity (Wildman–Crippen MR) is 98.8 cm³/mol. The lowest BCUT2D eigenvalue weighted by Crippen LogP contribution is -2.34. The highest BCUT2D eigenvalue weighted by Crippen LogP contribution is 2.32. The van der Waals surface area contributed by atoms with Gasteiger partial charge in [0.25, 0.3) is 5.69 Å². The zero-order valence-electron chi connectivity index (χ0n) is 15.2. The van der Waals surface area contributed by atoms with Gasteiger partial charge in [0.05, 0.1) is 16.9 Å². The van der Waals surface area contributed by atoms with Crippen LogP contribution in [0.1, 0.15) is 31.0 Å². The van der Waals surface area contributed by atoms with E-state index in [1.54, 1.807) is 39.2 Å². The highest BCUT2D eigenvalue weighted by molar-refractivity contribution is 7.89. The number of ether oxygens (including phenoxy) is 1. The SMILES string of the molecule is CCN(C(C)c1cccc(OC)c1)S(=O)(=O)c1cccc([N+](=O)[O-])c1C. The van der Waals surface area contributed by atoms with Crippen LogP contribution >= 0.6 is 0 Å². The third-order valence-electron chi connectivity index (χ3n) is 4.36. The summed E-state index contributed by atoms with van der Waals surface area (Å²) in [6.07, 6.45) is 0. The van der Waals surface area contributed by atoms with Gasteiger partial charge in [-0.2, -0.15) is 4.31 Å². The smallest absolute Gasteiger partial charge is 0.273 e. The minimum atomic E-state index is -3.92. The van der Waals surface area contributed by atoms with E-state index < -0.39 is 21.0 Å². The standard InChI is InChI=1S/C18H22N2O5S/c1-5-19(14(3)15-8-6-9-16(12-15)25-4)26(23,24)18-11-7-10-17(13(18)2)20(21)22/h6-12,14H,5H2,1-4H3. The van der Waals surface area contributed by atoms with Crippen LogP contribution in [0.25, 0.3) is 0 Å². The largest absolute Gasteiger partial charge is 0.497 e. The normalized spacial score (nSPS) is 12.8. The Hall–Kier alpha value is -2.45. The Morgan fingerprint density at radius 3 is 2.46 bits per heavy atom. The summed E-state index contributed by atoms with van der Waals surface area (Å²) in [6.45, 7) is 5.20. The summed E-state index contributed by atoms with van der Waals surface area (Å²) in [5.41, 5.74) is 0.697. The van der Waals surface area contributed by atoms with Crippen molar-refractivity contribution in [2.45, 2.75) is 31.7 Å². The van der Waals surface area contributed by atoms with Gasteiger partial charge in [0.15, 0.2) is 0 Å². The number of nitro groups is 1.